The van der Waals surface area contributed by atoms with Crippen LogP contribution in [0.25, 0.3) is 0 Å². The molecule has 22 heavy (non-hydrogen) atoms. The van der Waals surface area contributed by atoms with Gasteiger partial charge in [-0.2, -0.15) is 13.2 Å². The fourth-order valence-electron chi connectivity index (χ4n) is 2.60. The minimum Gasteiger partial charge on any atom is -0.314 e. The Morgan fingerprint density at radius 2 is 1.91 bits per heavy atom. The van der Waals surface area contributed by atoms with Crippen LogP contribution in [0.5, 0.6) is 0 Å². The van der Waals surface area contributed by atoms with Gasteiger partial charge in [0.15, 0.2) is 0 Å². The molecule has 0 aliphatic carbocycles. The zero-order valence-corrected chi connectivity index (χ0v) is 15.0. The molecule has 1 aliphatic heterocycles. The number of nitrogens with one attached hydrogen (secondary N) is 1. The van der Waals surface area contributed by atoms with Crippen LogP contribution in [-0.4, -0.2) is 37.3 Å². The van der Waals surface area contributed by atoms with E-state index in [0.717, 1.165) is 36.2 Å². The Morgan fingerprint density at radius 3 is 2.45 bits per heavy atom. The maximum Gasteiger partial charge on any atom is 0.389 e. The lowest BCUT2D eigenvalue weighted by Crippen LogP contribution is -2.45. The molecular formula is C14H18BrCl2F3N2. The number of hydrogen-bond acceptors (Lipinski definition) is 2. The highest BCUT2D eigenvalue weighted by Gasteiger charge is 2.32. The third-order valence-electron chi connectivity index (χ3n) is 3.62. The van der Waals surface area contributed by atoms with Crippen molar-refractivity contribution in [3.63, 3.8) is 0 Å². The van der Waals surface area contributed by atoms with Gasteiger partial charge in [0.25, 0.3) is 0 Å². The van der Waals surface area contributed by atoms with Gasteiger partial charge in [-0.25, -0.2) is 0 Å². The molecule has 0 amide bonds. The van der Waals surface area contributed by atoms with Gasteiger partial charge >= 0.3 is 6.18 Å². The molecule has 1 aromatic carbocycles. The Balaban J connectivity index is 0.00000242. The first kappa shape index (κ1) is 20.0. The second-order valence-corrected chi connectivity index (χ2v) is 6.44. The molecule has 1 fully saturated rings. The highest BCUT2D eigenvalue weighted by molar-refractivity contribution is 9.10. The molecular weight excluding hydrogens is 404 g/mol. The first-order chi connectivity index (χ1) is 9.87. The predicted octanol–water partition coefficient (Wildman–Crippen LogP) is 4.81. The molecule has 0 aromatic heterocycles. The van der Waals surface area contributed by atoms with Crippen LogP contribution in [0.4, 0.5) is 13.2 Å². The standard InChI is InChI=1S/C14H17BrClF3N2.ClH/c15-10-1-2-11(12(16)9-10)13(3-4-14(17,18)19)21-7-5-20-6-8-21;/h1-2,9,13,20H,3-8H2;1H/t13-;/m0./s1. The molecule has 0 unspecified atom stereocenters. The first-order valence-corrected chi connectivity index (χ1v) is 8.00. The molecule has 2 rings (SSSR count). The molecule has 0 radical (unpaired) electrons. The number of halogens is 6. The van der Waals surface area contributed by atoms with Crippen molar-refractivity contribution < 1.29 is 13.2 Å². The summed E-state index contributed by atoms with van der Waals surface area (Å²) in [6, 6.07) is 5.08. The Morgan fingerprint density at radius 1 is 1.27 bits per heavy atom. The quantitative estimate of drug-likeness (QED) is 0.750. The van der Waals surface area contributed by atoms with E-state index < -0.39 is 12.6 Å². The van der Waals surface area contributed by atoms with Gasteiger partial charge in [-0.3, -0.25) is 4.90 Å². The van der Waals surface area contributed by atoms with Crippen molar-refractivity contribution in [3.05, 3.63) is 33.3 Å². The van der Waals surface area contributed by atoms with Crippen LogP contribution in [-0.2, 0) is 0 Å². The van der Waals surface area contributed by atoms with Crippen LogP contribution in [0, 0.1) is 0 Å². The summed E-state index contributed by atoms with van der Waals surface area (Å²) >= 11 is 9.56. The van der Waals surface area contributed by atoms with E-state index in [0.29, 0.717) is 5.02 Å². The van der Waals surface area contributed by atoms with E-state index in [-0.39, 0.29) is 24.9 Å². The SMILES string of the molecule is Cl.FC(F)(F)CC[C@@H](c1ccc(Br)cc1Cl)N1CCNCC1. The molecule has 8 heteroatoms. The monoisotopic (exact) mass is 420 g/mol. The Bertz CT molecular complexity index is 480. The summed E-state index contributed by atoms with van der Waals surface area (Å²) in [6.07, 6.45) is -4.91. The molecule has 1 saturated heterocycles. The van der Waals surface area contributed by atoms with E-state index in [1.807, 2.05) is 12.1 Å². The number of alkyl halides is 3. The Labute approximate surface area is 147 Å². The number of nitrogens with zero attached hydrogens (tertiary/aromatic N) is 1. The van der Waals surface area contributed by atoms with Gasteiger partial charge in [0, 0.05) is 48.1 Å². The summed E-state index contributed by atoms with van der Waals surface area (Å²) in [5.74, 6) is 0. The topological polar surface area (TPSA) is 15.3 Å². The normalized spacial score (nSPS) is 17.9. The lowest BCUT2D eigenvalue weighted by Gasteiger charge is -2.36. The fourth-order valence-corrected chi connectivity index (χ4v) is 3.40. The zero-order valence-electron chi connectivity index (χ0n) is 11.8. The van der Waals surface area contributed by atoms with E-state index >= 15 is 0 Å². The summed E-state index contributed by atoms with van der Waals surface area (Å²) in [6.45, 7) is 3.04. The van der Waals surface area contributed by atoms with Crippen LogP contribution < -0.4 is 5.32 Å². The molecule has 1 aliphatic rings. The van der Waals surface area contributed by atoms with Gasteiger partial charge in [0.05, 0.1) is 0 Å². The van der Waals surface area contributed by atoms with Crippen molar-refractivity contribution >= 4 is 39.9 Å². The third kappa shape index (κ3) is 5.89. The van der Waals surface area contributed by atoms with Crippen molar-refractivity contribution in [1.82, 2.24) is 10.2 Å². The second-order valence-electron chi connectivity index (χ2n) is 5.12. The summed E-state index contributed by atoms with van der Waals surface area (Å²) in [5, 5.41) is 3.72. The smallest absolute Gasteiger partial charge is 0.314 e. The average Bonchev–Trinajstić information content (AvgIpc) is 2.41. The van der Waals surface area contributed by atoms with Crippen molar-refractivity contribution in [2.45, 2.75) is 25.1 Å². The van der Waals surface area contributed by atoms with Crippen LogP contribution in [0.1, 0.15) is 24.4 Å². The highest BCUT2D eigenvalue weighted by Crippen LogP contribution is 2.36. The van der Waals surface area contributed by atoms with Gasteiger partial charge in [-0.1, -0.05) is 33.6 Å². The summed E-state index contributed by atoms with van der Waals surface area (Å²) in [4.78, 5) is 2.08. The second kappa shape index (κ2) is 8.73. The maximum absolute atomic E-state index is 12.6. The minimum absolute atomic E-state index is 0. The molecule has 126 valence electrons. The van der Waals surface area contributed by atoms with Gasteiger partial charge in [0.2, 0.25) is 0 Å². The number of rotatable bonds is 4. The van der Waals surface area contributed by atoms with Crippen molar-refractivity contribution in [3.8, 4) is 0 Å². The van der Waals surface area contributed by atoms with E-state index in [4.69, 9.17) is 11.6 Å². The van der Waals surface area contributed by atoms with Crippen LogP contribution in [0.3, 0.4) is 0 Å². The Hall–Kier alpha value is -0.0100. The first-order valence-electron chi connectivity index (χ1n) is 6.83. The predicted molar refractivity (Wildman–Crippen MR) is 88.9 cm³/mol. The lowest BCUT2D eigenvalue weighted by molar-refractivity contribution is -0.138. The molecule has 0 spiro atoms. The van der Waals surface area contributed by atoms with Crippen molar-refractivity contribution in [2.75, 3.05) is 26.2 Å². The lowest BCUT2D eigenvalue weighted by atomic mass is 9.99. The molecule has 0 saturated carbocycles. The third-order valence-corrected chi connectivity index (χ3v) is 4.44. The largest absolute Gasteiger partial charge is 0.389 e. The van der Waals surface area contributed by atoms with Gasteiger partial charge in [0.1, 0.15) is 0 Å². The minimum atomic E-state index is -4.14. The van der Waals surface area contributed by atoms with Gasteiger partial charge in [-0.05, 0) is 24.1 Å². The molecule has 0 bridgehead atoms. The van der Waals surface area contributed by atoms with E-state index in [2.05, 4.69) is 26.1 Å². The zero-order chi connectivity index (χ0) is 15.5. The van der Waals surface area contributed by atoms with E-state index in [1.54, 1.807) is 6.07 Å². The van der Waals surface area contributed by atoms with Crippen LogP contribution in [0.2, 0.25) is 5.02 Å². The van der Waals surface area contributed by atoms with Crippen LogP contribution in [0.15, 0.2) is 22.7 Å². The number of hydrogen-bond donors (Lipinski definition) is 1. The highest BCUT2D eigenvalue weighted by atomic mass is 79.9. The average molecular weight is 422 g/mol. The molecule has 1 N–H and O–H groups in total. The molecule has 1 atom stereocenters. The molecule has 1 heterocycles. The number of benzene rings is 1. The van der Waals surface area contributed by atoms with Crippen molar-refractivity contribution in [1.29, 1.82) is 0 Å². The maximum atomic E-state index is 12.6. The summed E-state index contributed by atoms with van der Waals surface area (Å²) < 4.78 is 38.6. The van der Waals surface area contributed by atoms with Crippen molar-refractivity contribution in [2.24, 2.45) is 0 Å². The van der Waals surface area contributed by atoms with E-state index in [9.17, 15) is 13.2 Å². The van der Waals surface area contributed by atoms with E-state index in [1.165, 1.54) is 0 Å². The molecule has 2 nitrogen and oxygen atoms in total. The summed E-state index contributed by atoms with van der Waals surface area (Å²) in [5.41, 5.74) is 0.769. The fraction of sp³-hybridized carbons (Fsp3) is 0.571. The molecule has 1 aromatic rings. The number of piperazine rings is 1. The van der Waals surface area contributed by atoms with Gasteiger partial charge < -0.3 is 5.32 Å². The van der Waals surface area contributed by atoms with Gasteiger partial charge in [-0.15, -0.1) is 12.4 Å². The van der Waals surface area contributed by atoms with Crippen LogP contribution >= 0.6 is 39.9 Å². The summed E-state index contributed by atoms with van der Waals surface area (Å²) in [7, 11) is 0. The Kier molecular flexibility index (Phi) is 7.95.